The molecule has 49 heavy (non-hydrogen) atoms. The molecule has 1 saturated heterocycles. The number of piperazine rings is 1. The summed E-state index contributed by atoms with van der Waals surface area (Å²) < 4.78 is 73.1. The summed E-state index contributed by atoms with van der Waals surface area (Å²) in [6.45, 7) is 6.04. The van der Waals surface area contributed by atoms with Crippen LogP contribution in [0.1, 0.15) is 34.6 Å². The van der Waals surface area contributed by atoms with E-state index in [4.69, 9.17) is 20.9 Å². The van der Waals surface area contributed by atoms with Crippen molar-refractivity contribution in [1.29, 1.82) is 0 Å². The fourth-order valence-corrected chi connectivity index (χ4v) is 6.03. The van der Waals surface area contributed by atoms with Crippen molar-refractivity contribution in [1.82, 2.24) is 9.80 Å². The van der Waals surface area contributed by atoms with E-state index in [-0.39, 0.29) is 17.5 Å². The van der Waals surface area contributed by atoms with E-state index in [1.165, 1.54) is 6.07 Å². The minimum Gasteiger partial charge on any atom is -0.493 e. The average Bonchev–Trinajstić information content (AvgIpc) is 3.06. The highest BCUT2D eigenvalue weighted by Crippen LogP contribution is 2.37. The molecule has 0 aromatic heterocycles. The monoisotopic (exact) mass is 717 g/mol. The first-order valence-electron chi connectivity index (χ1n) is 16.0. The highest BCUT2D eigenvalue weighted by molar-refractivity contribution is 7.85. The first kappa shape index (κ1) is 38.2. The van der Waals surface area contributed by atoms with Crippen LogP contribution < -0.4 is 9.64 Å². The fourth-order valence-electron chi connectivity index (χ4n) is 5.74. The second-order valence-electron chi connectivity index (χ2n) is 12.1. The van der Waals surface area contributed by atoms with Crippen LogP contribution in [0.2, 0.25) is 5.02 Å². The number of hydrogen-bond acceptors (Lipinski definition) is 6. The van der Waals surface area contributed by atoms with E-state index in [0.29, 0.717) is 37.9 Å². The van der Waals surface area contributed by atoms with Gasteiger partial charge in [-0.05, 0) is 48.4 Å². The molecule has 0 radical (unpaired) electrons. The third kappa shape index (κ3) is 12.7. The van der Waals surface area contributed by atoms with Gasteiger partial charge in [-0.15, -0.1) is 0 Å². The van der Waals surface area contributed by atoms with Crippen LogP contribution >= 0.6 is 11.6 Å². The zero-order chi connectivity index (χ0) is 35.4. The Balaban J connectivity index is 0.00000101. The van der Waals surface area contributed by atoms with Crippen LogP contribution in [0.15, 0.2) is 103 Å². The number of ether oxygens (including phenoxy) is 1. The first-order valence-corrected chi connectivity index (χ1v) is 18.3. The second kappa shape index (κ2) is 17.9. The van der Waals surface area contributed by atoms with Gasteiger partial charge in [-0.3, -0.25) is 9.45 Å². The Bertz CT molecular complexity index is 1660. The molecule has 0 unspecified atom stereocenters. The minimum absolute atomic E-state index is 0.0307. The molecule has 0 bridgehead atoms. The fraction of sp³-hybridized carbons (Fsp3) is 0.351. The van der Waals surface area contributed by atoms with Crippen molar-refractivity contribution >= 4 is 27.4 Å². The van der Waals surface area contributed by atoms with Crippen molar-refractivity contribution in [3.05, 3.63) is 130 Å². The Morgan fingerprint density at radius 1 is 0.878 bits per heavy atom. The van der Waals surface area contributed by atoms with Gasteiger partial charge in [0, 0.05) is 63.5 Å². The predicted octanol–water partition coefficient (Wildman–Crippen LogP) is 7.72. The summed E-state index contributed by atoms with van der Waals surface area (Å²) in [5.41, 5.74) is 3.11. The van der Waals surface area contributed by atoms with Crippen molar-refractivity contribution in [2.45, 2.75) is 25.1 Å². The molecule has 0 atom stereocenters. The smallest absolute Gasteiger partial charge is 0.417 e. The number of alkyl halides is 3. The summed E-state index contributed by atoms with van der Waals surface area (Å²) in [4.78, 5) is 6.89. The van der Waals surface area contributed by atoms with Crippen LogP contribution in [0.5, 0.6) is 5.75 Å². The van der Waals surface area contributed by atoms with Crippen LogP contribution in [-0.4, -0.2) is 81.9 Å². The lowest BCUT2D eigenvalue weighted by Gasteiger charge is -2.34. The van der Waals surface area contributed by atoms with E-state index in [0.717, 1.165) is 54.8 Å². The quantitative estimate of drug-likeness (QED) is 0.119. The number of likely N-dealkylation sites (N-methyl/N-ethyl adjacent to an activating group) is 1. The number of hydrogen-bond donors (Lipinski definition) is 1. The van der Waals surface area contributed by atoms with E-state index < -0.39 is 21.9 Å². The van der Waals surface area contributed by atoms with Gasteiger partial charge in [-0.2, -0.15) is 21.6 Å². The summed E-state index contributed by atoms with van der Waals surface area (Å²) >= 11 is 6.36. The topological polar surface area (TPSA) is 73.3 Å². The molecule has 1 aliphatic rings. The van der Waals surface area contributed by atoms with Crippen molar-refractivity contribution in [3.63, 3.8) is 0 Å². The Kier molecular flexibility index (Phi) is 13.9. The highest BCUT2D eigenvalue weighted by Gasteiger charge is 2.34. The Morgan fingerprint density at radius 2 is 1.45 bits per heavy atom. The van der Waals surface area contributed by atoms with Gasteiger partial charge >= 0.3 is 6.18 Å². The normalized spacial score (nSPS) is 14.1. The molecule has 12 heteroatoms. The van der Waals surface area contributed by atoms with E-state index in [2.05, 4.69) is 58.1 Å². The number of rotatable bonds is 12. The van der Waals surface area contributed by atoms with Crippen molar-refractivity contribution < 1.29 is 30.9 Å². The summed E-state index contributed by atoms with van der Waals surface area (Å²) in [7, 11) is -1.52. The zero-order valence-corrected chi connectivity index (χ0v) is 29.3. The molecule has 0 spiro atoms. The van der Waals surface area contributed by atoms with Crippen molar-refractivity contribution in [3.8, 4) is 5.75 Å². The van der Waals surface area contributed by atoms with E-state index in [1.807, 2.05) is 48.5 Å². The van der Waals surface area contributed by atoms with Crippen LogP contribution in [0.3, 0.4) is 0 Å². The maximum absolute atomic E-state index is 13.7. The van der Waals surface area contributed by atoms with Gasteiger partial charge in [0.1, 0.15) is 5.75 Å². The van der Waals surface area contributed by atoms with E-state index in [9.17, 15) is 21.6 Å². The molecule has 1 fully saturated rings. The first-order chi connectivity index (χ1) is 23.3. The van der Waals surface area contributed by atoms with Crippen molar-refractivity contribution in [2.24, 2.45) is 0 Å². The molecular weight excluding hydrogens is 675 g/mol. The molecule has 0 amide bonds. The number of halogens is 4. The van der Waals surface area contributed by atoms with Crippen LogP contribution in [-0.2, 0) is 22.8 Å². The lowest BCUT2D eigenvalue weighted by molar-refractivity contribution is -0.137. The molecule has 1 aliphatic heterocycles. The van der Waals surface area contributed by atoms with Gasteiger partial charge < -0.3 is 14.5 Å². The number of nitrogens with zero attached hydrogens (tertiary/aromatic N) is 3. The van der Waals surface area contributed by atoms with Crippen LogP contribution in [0, 0.1) is 0 Å². The molecule has 4 aromatic rings. The SMILES string of the molecule is CN1CCN(c2cccc(OCCCN(Cc3cccc(C(F)(F)F)c3Cl)CC(c3ccccc3)c3ccccc3)c2)CC1.CS(=O)(=O)O. The van der Waals surface area contributed by atoms with Crippen LogP contribution in [0.4, 0.5) is 18.9 Å². The van der Waals surface area contributed by atoms with Crippen LogP contribution in [0.25, 0.3) is 0 Å². The molecule has 264 valence electrons. The van der Waals surface area contributed by atoms with Gasteiger partial charge in [0.05, 0.1) is 23.4 Å². The van der Waals surface area contributed by atoms with Crippen molar-refractivity contribution in [2.75, 3.05) is 64.1 Å². The third-order valence-corrected chi connectivity index (χ3v) is 8.64. The summed E-state index contributed by atoms with van der Waals surface area (Å²) in [6.07, 6.45) is -3.10. The number of anilines is 1. The Morgan fingerprint density at radius 3 is 2.02 bits per heavy atom. The summed E-state index contributed by atoms with van der Waals surface area (Å²) in [5, 5.41) is -0.238. The third-order valence-electron chi connectivity index (χ3n) is 8.20. The zero-order valence-electron chi connectivity index (χ0n) is 27.7. The largest absolute Gasteiger partial charge is 0.493 e. The maximum Gasteiger partial charge on any atom is 0.417 e. The number of benzene rings is 4. The summed E-state index contributed by atoms with van der Waals surface area (Å²) in [6, 6.07) is 32.8. The second-order valence-corrected chi connectivity index (χ2v) is 14.0. The molecule has 0 saturated carbocycles. The van der Waals surface area contributed by atoms with Gasteiger partial charge in [0.15, 0.2) is 0 Å². The standard InChI is InChI=1S/C36H39ClF3N3O.CH4O3S/c1-41-20-22-43(23-21-41)31-16-9-17-32(25-31)44-24-10-19-42(26-30-15-8-18-34(35(30)37)36(38,39)40)27-33(28-11-4-2-5-12-28)29-13-6-3-7-14-29;1-5(2,3)4/h2-9,11-18,25,33H,10,19-24,26-27H2,1H3;1H3,(H,2,3,4). The lowest BCUT2D eigenvalue weighted by Crippen LogP contribution is -2.44. The lowest BCUT2D eigenvalue weighted by atomic mass is 9.90. The minimum atomic E-state index is -4.51. The molecule has 7 nitrogen and oxygen atoms in total. The Hall–Kier alpha value is -3.61. The average molecular weight is 718 g/mol. The molecule has 4 aromatic carbocycles. The molecule has 5 rings (SSSR count). The van der Waals surface area contributed by atoms with Gasteiger partial charge in [0.25, 0.3) is 10.1 Å². The molecular formula is C37H43ClF3N3O4S. The summed E-state index contributed by atoms with van der Waals surface area (Å²) in [5.74, 6) is 0.850. The van der Waals surface area contributed by atoms with E-state index >= 15 is 0 Å². The highest BCUT2D eigenvalue weighted by atomic mass is 35.5. The Labute approximate surface area is 292 Å². The van der Waals surface area contributed by atoms with Gasteiger partial charge in [0.2, 0.25) is 0 Å². The maximum atomic E-state index is 13.7. The van der Waals surface area contributed by atoms with Gasteiger partial charge in [-0.25, -0.2) is 0 Å². The molecule has 0 aliphatic carbocycles. The molecule has 1 N–H and O–H groups in total. The van der Waals surface area contributed by atoms with Gasteiger partial charge in [-0.1, -0.05) is 90.5 Å². The molecule has 1 heterocycles. The van der Waals surface area contributed by atoms with E-state index in [1.54, 1.807) is 6.07 Å². The predicted molar refractivity (Wildman–Crippen MR) is 190 cm³/mol.